The van der Waals surface area contributed by atoms with Gasteiger partial charge in [0.2, 0.25) is 0 Å². The molecule has 62 valence electrons. The average Bonchev–Trinajstić information content (AvgIpc) is 2.05. The monoisotopic (exact) mass is 241 g/mol. The highest BCUT2D eigenvalue weighted by atomic mass is 79.9. The third-order valence-electron chi connectivity index (χ3n) is 1.88. The first kappa shape index (κ1) is 8.32. The van der Waals surface area contributed by atoms with E-state index in [1.54, 1.807) is 11.8 Å². The normalized spacial score (nSPS) is 15.9. The molecule has 1 aliphatic heterocycles. The van der Waals surface area contributed by atoms with Gasteiger partial charge in [-0.05, 0) is 36.6 Å². The molecule has 1 N–H and O–H groups in total. The van der Waals surface area contributed by atoms with Gasteiger partial charge in [-0.1, -0.05) is 27.7 Å². The van der Waals surface area contributed by atoms with E-state index in [1.807, 2.05) is 6.07 Å². The summed E-state index contributed by atoms with van der Waals surface area (Å²) in [4.78, 5) is 1.24. The largest absolute Gasteiger partial charge is 0.298 e. The summed E-state index contributed by atoms with van der Waals surface area (Å²) in [6.45, 7) is 0. The van der Waals surface area contributed by atoms with Crippen molar-refractivity contribution in [2.75, 3.05) is 0 Å². The van der Waals surface area contributed by atoms with Crippen molar-refractivity contribution in [3.63, 3.8) is 0 Å². The molecule has 0 bridgehead atoms. The minimum atomic E-state index is 0.782. The van der Waals surface area contributed by atoms with Crippen LogP contribution in [0.1, 0.15) is 12.0 Å². The number of aryl methyl sites for hydroxylation is 1. The van der Waals surface area contributed by atoms with Crippen LogP contribution < -0.4 is 0 Å². The van der Waals surface area contributed by atoms with Gasteiger partial charge in [-0.15, -0.1) is 0 Å². The SMILES string of the molecule is N=C1CCc2cc(Br)ccc2S1. The van der Waals surface area contributed by atoms with E-state index in [1.165, 1.54) is 10.5 Å². The molecule has 0 aliphatic carbocycles. The lowest BCUT2D eigenvalue weighted by Gasteiger charge is -2.15. The summed E-state index contributed by atoms with van der Waals surface area (Å²) < 4.78 is 1.13. The summed E-state index contributed by atoms with van der Waals surface area (Å²) >= 11 is 5.03. The summed E-state index contributed by atoms with van der Waals surface area (Å²) in [6.07, 6.45) is 1.91. The van der Waals surface area contributed by atoms with Crippen LogP contribution in [0.5, 0.6) is 0 Å². The van der Waals surface area contributed by atoms with Gasteiger partial charge in [0, 0.05) is 9.37 Å². The van der Waals surface area contributed by atoms with E-state index in [9.17, 15) is 0 Å². The Hall–Kier alpha value is -0.280. The molecule has 0 saturated carbocycles. The maximum Gasteiger partial charge on any atom is 0.0692 e. The molecule has 0 amide bonds. The van der Waals surface area contributed by atoms with Gasteiger partial charge in [0.05, 0.1) is 5.04 Å². The topological polar surface area (TPSA) is 23.9 Å². The molecular formula is C9H8BrNS. The van der Waals surface area contributed by atoms with Crippen molar-refractivity contribution in [1.29, 1.82) is 5.41 Å². The molecule has 0 unspecified atom stereocenters. The van der Waals surface area contributed by atoms with Gasteiger partial charge in [-0.3, -0.25) is 5.41 Å². The molecule has 0 aromatic heterocycles. The summed E-state index contributed by atoms with van der Waals surface area (Å²) in [7, 11) is 0. The molecule has 3 heteroatoms. The van der Waals surface area contributed by atoms with Crippen molar-refractivity contribution < 1.29 is 0 Å². The number of fused-ring (bicyclic) bond motifs is 1. The van der Waals surface area contributed by atoms with Crippen molar-refractivity contribution >= 4 is 32.7 Å². The third kappa shape index (κ3) is 1.57. The van der Waals surface area contributed by atoms with Gasteiger partial charge in [-0.2, -0.15) is 0 Å². The first-order valence-electron chi connectivity index (χ1n) is 3.79. The fraction of sp³-hybridized carbons (Fsp3) is 0.222. The molecule has 0 radical (unpaired) electrons. The molecule has 0 atom stereocenters. The first-order chi connectivity index (χ1) is 5.75. The second-order valence-corrected chi connectivity index (χ2v) is 4.83. The molecule has 1 aliphatic rings. The Labute approximate surface area is 84.2 Å². The van der Waals surface area contributed by atoms with Crippen LogP contribution in [-0.2, 0) is 6.42 Å². The summed E-state index contributed by atoms with van der Waals surface area (Å²) in [5.41, 5.74) is 1.37. The predicted molar refractivity (Wildman–Crippen MR) is 56.0 cm³/mol. The van der Waals surface area contributed by atoms with Gasteiger partial charge in [0.15, 0.2) is 0 Å². The number of hydrogen-bond donors (Lipinski definition) is 1. The van der Waals surface area contributed by atoms with Gasteiger partial charge >= 0.3 is 0 Å². The lowest BCUT2D eigenvalue weighted by Crippen LogP contribution is -2.02. The van der Waals surface area contributed by atoms with E-state index in [2.05, 4.69) is 28.1 Å². The minimum Gasteiger partial charge on any atom is -0.298 e. The summed E-state index contributed by atoms with van der Waals surface area (Å²) in [6, 6.07) is 6.26. The molecule has 1 heterocycles. The average molecular weight is 242 g/mol. The van der Waals surface area contributed by atoms with Crippen molar-refractivity contribution in [2.24, 2.45) is 0 Å². The van der Waals surface area contributed by atoms with Crippen LogP contribution in [0.25, 0.3) is 0 Å². The Morgan fingerprint density at radius 2 is 2.17 bits per heavy atom. The van der Waals surface area contributed by atoms with Gasteiger partial charge in [0.1, 0.15) is 0 Å². The van der Waals surface area contributed by atoms with Crippen molar-refractivity contribution in [3.8, 4) is 0 Å². The second kappa shape index (κ2) is 3.23. The molecule has 0 fully saturated rings. The number of benzene rings is 1. The first-order valence-corrected chi connectivity index (χ1v) is 5.40. The van der Waals surface area contributed by atoms with E-state index in [0.29, 0.717) is 0 Å². The van der Waals surface area contributed by atoms with Crippen molar-refractivity contribution in [3.05, 3.63) is 28.2 Å². The molecule has 0 saturated heterocycles. The molecule has 12 heavy (non-hydrogen) atoms. The fourth-order valence-corrected chi connectivity index (χ4v) is 2.58. The summed E-state index contributed by atoms with van der Waals surface area (Å²) in [5, 5.41) is 8.31. The molecule has 0 spiro atoms. The predicted octanol–water partition coefficient (Wildman–Crippen LogP) is 3.46. The van der Waals surface area contributed by atoms with Crippen molar-refractivity contribution in [1.82, 2.24) is 0 Å². The molecule has 1 aromatic carbocycles. The van der Waals surface area contributed by atoms with E-state index in [0.717, 1.165) is 22.4 Å². The number of halogens is 1. The maximum atomic E-state index is 7.52. The Kier molecular flexibility index (Phi) is 2.24. The van der Waals surface area contributed by atoms with Gasteiger partial charge in [-0.25, -0.2) is 0 Å². The zero-order chi connectivity index (χ0) is 8.55. The van der Waals surface area contributed by atoms with E-state index in [4.69, 9.17) is 5.41 Å². The highest BCUT2D eigenvalue weighted by Gasteiger charge is 2.13. The van der Waals surface area contributed by atoms with Crippen LogP contribution in [0.2, 0.25) is 0 Å². The van der Waals surface area contributed by atoms with Crippen LogP contribution in [0, 0.1) is 5.41 Å². The van der Waals surface area contributed by atoms with Crippen LogP contribution in [-0.4, -0.2) is 5.04 Å². The maximum absolute atomic E-state index is 7.52. The zero-order valence-corrected chi connectivity index (χ0v) is 8.83. The Bertz CT molecular complexity index is 335. The van der Waals surface area contributed by atoms with Crippen LogP contribution in [0.3, 0.4) is 0 Å². The van der Waals surface area contributed by atoms with Crippen molar-refractivity contribution in [2.45, 2.75) is 17.7 Å². The molecular weight excluding hydrogens is 234 g/mol. The van der Waals surface area contributed by atoms with Crippen LogP contribution in [0.15, 0.2) is 27.6 Å². The zero-order valence-electron chi connectivity index (χ0n) is 6.43. The second-order valence-electron chi connectivity index (χ2n) is 2.78. The number of hydrogen-bond acceptors (Lipinski definition) is 2. The Morgan fingerprint density at radius 3 is 3.00 bits per heavy atom. The Morgan fingerprint density at radius 1 is 1.33 bits per heavy atom. The van der Waals surface area contributed by atoms with Crippen LogP contribution >= 0.6 is 27.7 Å². The fourth-order valence-electron chi connectivity index (χ4n) is 1.27. The third-order valence-corrected chi connectivity index (χ3v) is 3.44. The van der Waals surface area contributed by atoms with E-state index >= 15 is 0 Å². The van der Waals surface area contributed by atoms with Gasteiger partial charge < -0.3 is 0 Å². The minimum absolute atomic E-state index is 0.782. The smallest absolute Gasteiger partial charge is 0.0692 e. The lowest BCUT2D eigenvalue weighted by atomic mass is 10.1. The standard InChI is InChI=1S/C9H8BrNS/c10-7-2-3-8-6(5-7)1-4-9(11)12-8/h2-3,5,11H,1,4H2. The highest BCUT2D eigenvalue weighted by molar-refractivity contribution is 9.10. The lowest BCUT2D eigenvalue weighted by molar-refractivity contribution is 0.992. The Balaban J connectivity index is 2.43. The molecule has 1 nitrogen and oxygen atoms in total. The van der Waals surface area contributed by atoms with Gasteiger partial charge in [0.25, 0.3) is 0 Å². The molecule has 1 aromatic rings. The number of thioether (sulfide) groups is 1. The number of rotatable bonds is 0. The van der Waals surface area contributed by atoms with E-state index in [-0.39, 0.29) is 0 Å². The van der Waals surface area contributed by atoms with Crippen LogP contribution in [0.4, 0.5) is 0 Å². The molecule has 2 rings (SSSR count). The number of nitrogens with one attached hydrogen (secondary N) is 1. The quantitative estimate of drug-likeness (QED) is 0.739. The highest BCUT2D eigenvalue weighted by Crippen LogP contribution is 2.32. The summed E-state index contributed by atoms with van der Waals surface area (Å²) in [5.74, 6) is 0. The van der Waals surface area contributed by atoms with E-state index < -0.39 is 0 Å².